The number of nitrogens with one attached hydrogen (secondary N) is 2. The maximum absolute atomic E-state index is 14.5. The van der Waals surface area contributed by atoms with Crippen LogP contribution in [0.2, 0.25) is 10.0 Å². The Bertz CT molecular complexity index is 1760. The van der Waals surface area contributed by atoms with Crippen LogP contribution < -0.4 is 10.2 Å². The molecule has 0 bridgehead atoms. The Morgan fingerprint density at radius 3 is 2.21 bits per heavy atom. The first-order valence-electron chi connectivity index (χ1n) is 15.5. The molecule has 3 aromatic carbocycles. The molecule has 0 fully saturated rings. The number of rotatable bonds is 8. The second-order valence-electron chi connectivity index (χ2n) is 11.7. The Hall–Kier alpha value is -4.31. The van der Waals surface area contributed by atoms with Crippen molar-refractivity contribution >= 4 is 58.1 Å². The molecule has 1 amide bonds. The molecule has 2 unspecified atom stereocenters. The average Bonchev–Trinajstić information content (AvgIpc) is 3.49. The molecule has 9 nitrogen and oxygen atoms in total. The molecule has 17 heteroatoms. The van der Waals surface area contributed by atoms with Crippen LogP contribution in [0.5, 0.6) is 0 Å². The minimum atomic E-state index is -5.08. The highest BCUT2D eigenvalue weighted by molar-refractivity contribution is 6.31. The summed E-state index contributed by atoms with van der Waals surface area (Å²) in [5.74, 6) is -2.48. The highest BCUT2D eigenvalue weighted by Gasteiger charge is 2.38. The smallest absolute Gasteiger partial charge is 0.483 e. The summed E-state index contributed by atoms with van der Waals surface area (Å²) in [7, 11) is 4.15. The highest BCUT2D eigenvalue weighted by atomic mass is 35.5. The lowest BCUT2D eigenvalue weighted by atomic mass is 9.88. The third-order valence-electron chi connectivity index (χ3n) is 7.76. The number of benzene rings is 3. The number of anilines is 1. The zero-order valence-electron chi connectivity index (χ0n) is 28.2. The Balaban J connectivity index is 0.000000572. The van der Waals surface area contributed by atoms with Crippen molar-refractivity contribution in [1.29, 1.82) is 0 Å². The summed E-state index contributed by atoms with van der Waals surface area (Å²) in [6.07, 6.45) is -2.15. The molecule has 284 valence electrons. The Kier molecular flexibility index (Phi) is 17.4. The average molecular weight is 780 g/mol. The van der Waals surface area contributed by atoms with Crippen molar-refractivity contribution in [2.75, 3.05) is 32.1 Å². The monoisotopic (exact) mass is 778 g/mol. The zero-order valence-corrected chi connectivity index (χ0v) is 29.7. The molecule has 0 spiro atoms. The van der Waals surface area contributed by atoms with Gasteiger partial charge < -0.3 is 30.3 Å². The van der Waals surface area contributed by atoms with Crippen LogP contribution in [-0.2, 0) is 27.3 Å². The van der Waals surface area contributed by atoms with Gasteiger partial charge in [-0.25, -0.2) is 4.79 Å². The standard InChI is InChI=1S/C31H34Cl2N4O.C2HF3O2.CHF3.CH2O2/c1-20(26-17-34-28-11-7-5-9-25(26)28)30(35-16-22-8-4-6-10-27(22)33)31(38)37-19-21(18-36(2)3)14-23-15-24(32)12-13-29(23)37;3-2(4,5)1(6)7;2-1(3)4;2-1-3/h4-13,15,17,20-21,30,34-35H,14,16,18-19H2,1-3H3;(H,6,7);1H;1H,(H,2,3)/t20?,21-,30?;;;/m1.../s1. The molecular formula is C35H38Cl2F6N4O5. The summed E-state index contributed by atoms with van der Waals surface area (Å²) >= 11 is 12.9. The topological polar surface area (TPSA) is 126 Å². The zero-order chi connectivity index (χ0) is 39.2. The van der Waals surface area contributed by atoms with Crippen LogP contribution in [0.25, 0.3) is 10.9 Å². The molecule has 0 aliphatic carbocycles. The van der Waals surface area contributed by atoms with Gasteiger partial charge in [0.25, 0.3) is 6.47 Å². The number of amides is 1. The van der Waals surface area contributed by atoms with E-state index in [9.17, 15) is 31.1 Å². The number of alkyl halides is 6. The number of hydrogen-bond donors (Lipinski definition) is 4. The molecule has 52 heavy (non-hydrogen) atoms. The number of carboxylic acids is 1. The summed E-state index contributed by atoms with van der Waals surface area (Å²) in [5, 5.41) is 20.1. The van der Waals surface area contributed by atoms with Crippen LogP contribution in [0.15, 0.2) is 72.9 Å². The number of carbonyl (C=O) groups excluding carboxylic acids is 1. The Morgan fingerprint density at radius 1 is 1.06 bits per heavy atom. The second-order valence-corrected chi connectivity index (χ2v) is 12.6. The molecule has 0 radical (unpaired) electrons. The van der Waals surface area contributed by atoms with Crippen LogP contribution in [0.4, 0.5) is 32.0 Å². The number of para-hydroxylation sites is 1. The van der Waals surface area contributed by atoms with E-state index in [1.807, 2.05) is 65.7 Å². The quantitative estimate of drug-likeness (QED) is 0.106. The van der Waals surface area contributed by atoms with Crippen LogP contribution in [0.1, 0.15) is 29.5 Å². The van der Waals surface area contributed by atoms with E-state index in [4.69, 9.17) is 43.0 Å². The summed E-state index contributed by atoms with van der Waals surface area (Å²) in [4.78, 5) is 39.3. The maximum Gasteiger partial charge on any atom is 0.490 e. The van der Waals surface area contributed by atoms with E-state index >= 15 is 0 Å². The molecular weight excluding hydrogens is 741 g/mol. The molecule has 4 aromatic rings. The maximum atomic E-state index is 14.5. The molecule has 1 aliphatic heterocycles. The van der Waals surface area contributed by atoms with E-state index < -0.39 is 24.9 Å². The Labute approximate surface area is 306 Å². The summed E-state index contributed by atoms with van der Waals surface area (Å²) in [6.45, 7) is 0.259. The van der Waals surface area contributed by atoms with Gasteiger partial charge in [-0.2, -0.15) is 26.3 Å². The highest BCUT2D eigenvalue weighted by Crippen LogP contribution is 2.35. The third-order valence-corrected chi connectivity index (χ3v) is 8.37. The third kappa shape index (κ3) is 13.3. The predicted octanol–water partition coefficient (Wildman–Crippen LogP) is 8.02. The van der Waals surface area contributed by atoms with Gasteiger partial charge in [0.15, 0.2) is 0 Å². The van der Waals surface area contributed by atoms with E-state index in [2.05, 4.69) is 48.4 Å². The number of H-pyrrole nitrogens is 1. The van der Waals surface area contributed by atoms with Gasteiger partial charge in [0, 0.05) is 58.4 Å². The van der Waals surface area contributed by atoms with Gasteiger partial charge in [-0.15, -0.1) is 0 Å². The lowest BCUT2D eigenvalue weighted by Gasteiger charge is -2.39. The molecule has 4 N–H and O–H groups in total. The number of aliphatic carboxylic acids is 1. The first-order valence-corrected chi connectivity index (χ1v) is 16.2. The van der Waals surface area contributed by atoms with Crippen LogP contribution in [-0.4, -0.2) is 84.5 Å². The molecule has 5 rings (SSSR count). The minimum absolute atomic E-state index is 0.0573. The van der Waals surface area contributed by atoms with Crippen molar-refractivity contribution < 1.29 is 50.9 Å². The van der Waals surface area contributed by atoms with Crippen molar-refractivity contribution in [1.82, 2.24) is 15.2 Å². The van der Waals surface area contributed by atoms with E-state index in [0.29, 0.717) is 29.1 Å². The fourth-order valence-electron chi connectivity index (χ4n) is 5.72. The van der Waals surface area contributed by atoms with Gasteiger partial charge in [0.1, 0.15) is 0 Å². The normalized spacial score (nSPS) is 14.9. The first-order chi connectivity index (χ1) is 24.4. The molecule has 3 atom stereocenters. The Morgan fingerprint density at radius 2 is 1.63 bits per heavy atom. The molecule has 2 heterocycles. The first kappa shape index (κ1) is 43.9. The predicted molar refractivity (Wildman–Crippen MR) is 188 cm³/mol. The molecule has 0 saturated carbocycles. The number of halogens is 8. The van der Waals surface area contributed by atoms with E-state index in [0.717, 1.165) is 46.2 Å². The summed E-state index contributed by atoms with van der Waals surface area (Å²) < 4.78 is 60.7. The lowest BCUT2D eigenvalue weighted by molar-refractivity contribution is -0.192. The summed E-state index contributed by atoms with van der Waals surface area (Å²) in [5.41, 5.74) is 5.22. The van der Waals surface area contributed by atoms with Gasteiger partial charge in [-0.05, 0) is 73.5 Å². The number of aromatic amines is 1. The largest absolute Gasteiger partial charge is 0.490 e. The number of hydrogen-bond acceptors (Lipinski definition) is 5. The molecule has 0 saturated heterocycles. The number of nitrogens with zero attached hydrogens (tertiary/aromatic N) is 2. The van der Waals surface area contributed by atoms with Crippen molar-refractivity contribution in [3.05, 3.63) is 99.7 Å². The van der Waals surface area contributed by atoms with Gasteiger partial charge in [-0.1, -0.05) is 66.5 Å². The van der Waals surface area contributed by atoms with E-state index in [-0.39, 0.29) is 18.3 Å². The molecule has 1 aromatic heterocycles. The van der Waals surface area contributed by atoms with Crippen LogP contribution in [0.3, 0.4) is 0 Å². The number of carboxylic acid groups (broad SMARTS) is 2. The van der Waals surface area contributed by atoms with Crippen molar-refractivity contribution in [2.45, 2.75) is 44.7 Å². The minimum Gasteiger partial charge on any atom is -0.483 e. The van der Waals surface area contributed by atoms with Gasteiger partial charge in [0.2, 0.25) is 5.91 Å². The van der Waals surface area contributed by atoms with E-state index in [1.165, 1.54) is 0 Å². The second kappa shape index (κ2) is 20.7. The number of fused-ring (bicyclic) bond motifs is 2. The van der Waals surface area contributed by atoms with Gasteiger partial charge in [0.05, 0.1) is 6.04 Å². The SMILES string of the molecule is CC(c1c[nH]c2ccccc12)C(NCc1ccccc1Cl)C(=O)N1C[C@@H](CN(C)C)Cc2cc(Cl)ccc21.FC(F)F.O=C(O)C(F)(F)F.O=CO. The molecule has 1 aliphatic rings. The lowest BCUT2D eigenvalue weighted by Crippen LogP contribution is -2.52. The van der Waals surface area contributed by atoms with E-state index in [1.54, 1.807) is 0 Å². The fraction of sp³-hybridized carbons (Fsp3) is 0.343. The van der Waals surface area contributed by atoms with Crippen LogP contribution in [0, 0.1) is 5.92 Å². The number of aromatic nitrogens is 1. The number of carbonyl (C=O) groups is 3. The van der Waals surface area contributed by atoms with Gasteiger partial charge >= 0.3 is 18.8 Å². The van der Waals surface area contributed by atoms with Crippen molar-refractivity contribution in [2.24, 2.45) is 5.92 Å². The summed E-state index contributed by atoms with van der Waals surface area (Å²) in [6, 6.07) is 21.4. The van der Waals surface area contributed by atoms with Crippen molar-refractivity contribution in [3.63, 3.8) is 0 Å². The van der Waals surface area contributed by atoms with Crippen LogP contribution >= 0.6 is 23.2 Å². The van der Waals surface area contributed by atoms with Crippen molar-refractivity contribution in [3.8, 4) is 0 Å². The van der Waals surface area contributed by atoms with Gasteiger partial charge in [-0.3, -0.25) is 9.59 Å². The fourth-order valence-corrected chi connectivity index (χ4v) is 6.12.